The van der Waals surface area contributed by atoms with Crippen LogP contribution >= 0.6 is 0 Å². The minimum Gasteiger partial charge on any atom is -0.442 e. The molecule has 0 bridgehead atoms. The molecule has 0 N–H and O–H groups in total. The average molecular weight is 261 g/mol. The van der Waals surface area contributed by atoms with E-state index in [9.17, 15) is 4.79 Å². The van der Waals surface area contributed by atoms with Gasteiger partial charge in [-0.15, -0.1) is 5.10 Å². The summed E-state index contributed by atoms with van der Waals surface area (Å²) in [6, 6.07) is 6.85. The standard InChI is InChI=1S/C13H15N3O3/c1-13(2,3)19-12(17)16-9-7-11(15-16)18-10-6-4-5-8-14-10/h4-9H,1-3H3. The van der Waals surface area contributed by atoms with Gasteiger partial charge in [0.05, 0.1) is 0 Å². The fourth-order valence-electron chi connectivity index (χ4n) is 1.29. The van der Waals surface area contributed by atoms with Gasteiger partial charge in [0, 0.05) is 24.5 Å². The van der Waals surface area contributed by atoms with Gasteiger partial charge in [-0.25, -0.2) is 9.78 Å². The number of ether oxygens (including phenoxy) is 2. The summed E-state index contributed by atoms with van der Waals surface area (Å²) in [5, 5.41) is 3.97. The molecule has 0 unspecified atom stereocenters. The van der Waals surface area contributed by atoms with Crippen molar-refractivity contribution in [1.29, 1.82) is 0 Å². The third-order valence-electron chi connectivity index (χ3n) is 1.99. The molecule has 6 heteroatoms. The second kappa shape index (κ2) is 5.09. The Morgan fingerprint density at radius 1 is 1.21 bits per heavy atom. The van der Waals surface area contributed by atoms with Crippen LogP contribution in [0.25, 0.3) is 0 Å². The van der Waals surface area contributed by atoms with Gasteiger partial charge in [-0.05, 0) is 26.8 Å². The van der Waals surface area contributed by atoms with Gasteiger partial charge in [-0.3, -0.25) is 0 Å². The second-order valence-electron chi connectivity index (χ2n) is 4.85. The van der Waals surface area contributed by atoms with Crippen molar-refractivity contribution in [3.63, 3.8) is 0 Å². The van der Waals surface area contributed by atoms with E-state index < -0.39 is 11.7 Å². The fourth-order valence-corrected chi connectivity index (χ4v) is 1.29. The third kappa shape index (κ3) is 3.80. The Morgan fingerprint density at radius 2 is 2.00 bits per heavy atom. The SMILES string of the molecule is CC(C)(C)OC(=O)n1ccc(Oc2ccccn2)n1. The average Bonchev–Trinajstić information content (AvgIpc) is 2.77. The first kappa shape index (κ1) is 13.1. The van der Waals surface area contributed by atoms with Gasteiger partial charge < -0.3 is 9.47 Å². The maximum Gasteiger partial charge on any atom is 0.435 e. The number of carbonyl (C=O) groups excluding carboxylic acids is 1. The highest BCUT2D eigenvalue weighted by Gasteiger charge is 2.18. The Bertz CT molecular complexity index is 558. The summed E-state index contributed by atoms with van der Waals surface area (Å²) in [7, 11) is 0. The highest BCUT2D eigenvalue weighted by atomic mass is 16.6. The number of nitrogens with zero attached hydrogens (tertiary/aromatic N) is 3. The highest BCUT2D eigenvalue weighted by molar-refractivity contribution is 5.69. The Balaban J connectivity index is 2.05. The van der Waals surface area contributed by atoms with Crippen molar-refractivity contribution in [2.45, 2.75) is 26.4 Å². The minimum absolute atomic E-state index is 0.282. The number of hydrogen-bond donors (Lipinski definition) is 0. The lowest BCUT2D eigenvalue weighted by Gasteiger charge is -2.18. The smallest absolute Gasteiger partial charge is 0.435 e. The largest absolute Gasteiger partial charge is 0.442 e. The number of carbonyl (C=O) groups is 1. The normalized spacial score (nSPS) is 11.1. The Labute approximate surface area is 111 Å². The number of rotatable bonds is 2. The van der Waals surface area contributed by atoms with E-state index >= 15 is 0 Å². The summed E-state index contributed by atoms with van der Waals surface area (Å²) >= 11 is 0. The molecule has 2 heterocycles. The molecule has 100 valence electrons. The molecule has 0 aromatic carbocycles. The molecule has 19 heavy (non-hydrogen) atoms. The molecule has 2 aromatic heterocycles. The molecule has 0 fully saturated rings. The van der Waals surface area contributed by atoms with Crippen molar-refractivity contribution in [2.75, 3.05) is 0 Å². The van der Waals surface area contributed by atoms with Gasteiger partial charge in [-0.2, -0.15) is 4.68 Å². The Kier molecular flexibility index (Phi) is 3.50. The lowest BCUT2D eigenvalue weighted by Crippen LogP contribution is -2.27. The first-order valence-electron chi connectivity index (χ1n) is 5.82. The van der Waals surface area contributed by atoms with Gasteiger partial charge in [0.25, 0.3) is 0 Å². The molecule has 0 aliphatic carbocycles. The van der Waals surface area contributed by atoms with E-state index in [1.165, 1.54) is 6.20 Å². The van der Waals surface area contributed by atoms with Crippen LogP contribution in [0.1, 0.15) is 20.8 Å². The van der Waals surface area contributed by atoms with Crippen LogP contribution in [0, 0.1) is 0 Å². The van der Waals surface area contributed by atoms with Crippen LogP contribution in [0.15, 0.2) is 36.7 Å². The summed E-state index contributed by atoms with van der Waals surface area (Å²) in [5.74, 6) is 0.696. The summed E-state index contributed by atoms with van der Waals surface area (Å²) in [4.78, 5) is 15.7. The van der Waals surface area contributed by atoms with Crippen molar-refractivity contribution in [3.8, 4) is 11.8 Å². The maximum absolute atomic E-state index is 11.7. The lowest BCUT2D eigenvalue weighted by molar-refractivity contribution is 0.0512. The molecule has 0 aliphatic heterocycles. The molecule has 0 aliphatic rings. The summed E-state index contributed by atoms with van der Waals surface area (Å²) in [6.07, 6.45) is 2.54. The van der Waals surface area contributed by atoms with Crippen molar-refractivity contribution in [1.82, 2.24) is 14.8 Å². The first-order valence-corrected chi connectivity index (χ1v) is 5.82. The van der Waals surface area contributed by atoms with Crippen LogP contribution in [0.4, 0.5) is 4.79 Å². The maximum atomic E-state index is 11.7. The van der Waals surface area contributed by atoms with Crippen molar-refractivity contribution in [3.05, 3.63) is 36.7 Å². The lowest BCUT2D eigenvalue weighted by atomic mass is 10.2. The van der Waals surface area contributed by atoms with Gasteiger partial charge in [0.1, 0.15) is 5.60 Å². The van der Waals surface area contributed by atoms with Crippen molar-refractivity contribution < 1.29 is 14.3 Å². The zero-order chi connectivity index (χ0) is 13.9. The molecule has 0 spiro atoms. The topological polar surface area (TPSA) is 66.2 Å². The number of aromatic nitrogens is 3. The van der Waals surface area contributed by atoms with Crippen molar-refractivity contribution in [2.24, 2.45) is 0 Å². The van der Waals surface area contributed by atoms with E-state index in [-0.39, 0.29) is 5.88 Å². The van der Waals surface area contributed by atoms with Crippen LogP contribution in [0.3, 0.4) is 0 Å². The van der Waals surface area contributed by atoms with Crippen molar-refractivity contribution >= 4 is 6.09 Å². The Morgan fingerprint density at radius 3 is 2.63 bits per heavy atom. The van der Waals surface area contributed by atoms with Crippen LogP contribution in [-0.4, -0.2) is 26.5 Å². The molecule has 6 nitrogen and oxygen atoms in total. The van der Waals surface area contributed by atoms with Crippen LogP contribution in [-0.2, 0) is 4.74 Å². The number of hydrogen-bond acceptors (Lipinski definition) is 5. The molecule has 0 amide bonds. The van der Waals surface area contributed by atoms with Crippen LogP contribution < -0.4 is 4.74 Å². The third-order valence-corrected chi connectivity index (χ3v) is 1.99. The molecular weight excluding hydrogens is 246 g/mol. The predicted molar refractivity (Wildman–Crippen MR) is 68.2 cm³/mol. The molecule has 2 aromatic rings. The monoisotopic (exact) mass is 261 g/mol. The summed E-state index contributed by atoms with van der Waals surface area (Å²) in [5.41, 5.74) is -0.564. The molecular formula is C13H15N3O3. The van der Waals surface area contributed by atoms with E-state index in [1.54, 1.807) is 51.2 Å². The van der Waals surface area contributed by atoms with Gasteiger partial charge in [-0.1, -0.05) is 6.07 Å². The number of pyridine rings is 1. The van der Waals surface area contributed by atoms with Gasteiger partial charge in [0.2, 0.25) is 11.8 Å². The van der Waals surface area contributed by atoms with E-state index in [2.05, 4.69) is 10.1 Å². The fraction of sp³-hybridized carbons (Fsp3) is 0.308. The van der Waals surface area contributed by atoms with E-state index in [0.29, 0.717) is 5.88 Å². The molecule has 0 saturated carbocycles. The predicted octanol–water partition coefficient (Wildman–Crippen LogP) is 2.85. The van der Waals surface area contributed by atoms with Crippen LogP contribution in [0.2, 0.25) is 0 Å². The Hall–Kier alpha value is -2.37. The van der Waals surface area contributed by atoms with Crippen LogP contribution in [0.5, 0.6) is 11.8 Å². The zero-order valence-electron chi connectivity index (χ0n) is 11.0. The zero-order valence-corrected chi connectivity index (χ0v) is 11.0. The molecule has 0 radical (unpaired) electrons. The second-order valence-corrected chi connectivity index (χ2v) is 4.85. The molecule has 2 rings (SSSR count). The summed E-state index contributed by atoms with van der Waals surface area (Å²) < 4.78 is 11.7. The highest BCUT2D eigenvalue weighted by Crippen LogP contribution is 2.16. The van der Waals surface area contributed by atoms with Gasteiger partial charge in [0.15, 0.2) is 0 Å². The molecule has 0 atom stereocenters. The summed E-state index contributed by atoms with van der Waals surface area (Å²) in [6.45, 7) is 5.37. The minimum atomic E-state index is -0.564. The van der Waals surface area contributed by atoms with E-state index in [0.717, 1.165) is 4.68 Å². The van der Waals surface area contributed by atoms with E-state index in [4.69, 9.17) is 9.47 Å². The van der Waals surface area contributed by atoms with Gasteiger partial charge >= 0.3 is 6.09 Å². The van der Waals surface area contributed by atoms with E-state index in [1.807, 2.05) is 0 Å². The molecule has 0 saturated heterocycles. The first-order chi connectivity index (χ1) is 8.94. The quantitative estimate of drug-likeness (QED) is 0.831.